The van der Waals surface area contributed by atoms with Gasteiger partial charge in [0.15, 0.2) is 0 Å². The summed E-state index contributed by atoms with van der Waals surface area (Å²) in [5, 5.41) is 4.90. The first-order valence-electron chi connectivity index (χ1n) is 7.27. The van der Waals surface area contributed by atoms with Crippen LogP contribution in [-0.2, 0) is 10.0 Å². The van der Waals surface area contributed by atoms with Gasteiger partial charge in [-0.1, -0.05) is 11.6 Å². The predicted octanol–water partition coefficient (Wildman–Crippen LogP) is 3.94. The number of nitrogens with zero attached hydrogens (tertiary/aromatic N) is 2. The predicted molar refractivity (Wildman–Crippen MR) is 95.3 cm³/mol. The summed E-state index contributed by atoms with van der Waals surface area (Å²) < 4.78 is 29.1. The minimum Gasteiger partial charge on any atom is -0.280 e. The van der Waals surface area contributed by atoms with E-state index in [0.717, 1.165) is 17.1 Å². The Labute approximate surface area is 145 Å². The van der Waals surface area contributed by atoms with Gasteiger partial charge in [0.2, 0.25) is 0 Å². The summed E-state index contributed by atoms with van der Waals surface area (Å²) >= 11 is 5.79. The van der Waals surface area contributed by atoms with E-state index in [4.69, 9.17) is 11.6 Å². The van der Waals surface area contributed by atoms with E-state index in [0.29, 0.717) is 10.7 Å². The van der Waals surface area contributed by atoms with E-state index in [1.807, 2.05) is 36.7 Å². The molecule has 0 saturated heterocycles. The molecule has 1 aromatic heterocycles. The molecule has 0 spiro atoms. The normalized spacial score (nSPS) is 11.5. The monoisotopic (exact) mass is 361 g/mol. The standard InChI is InChI=1S/C17H16ClN3O2S/c1-12-11-13(2)21(19-12)16-7-5-15(6-8-16)20-24(22,23)17-9-3-14(18)4-10-17/h3-11,20H,1-2H3. The Morgan fingerprint density at radius 1 is 1.00 bits per heavy atom. The molecular weight excluding hydrogens is 346 g/mol. The van der Waals surface area contributed by atoms with Gasteiger partial charge in [-0.2, -0.15) is 5.10 Å². The number of aryl methyl sites for hydroxylation is 2. The van der Waals surface area contributed by atoms with Gasteiger partial charge in [-0.05, 0) is 68.4 Å². The zero-order valence-corrected chi connectivity index (χ0v) is 14.8. The molecule has 0 amide bonds. The van der Waals surface area contributed by atoms with Crippen LogP contribution in [0.1, 0.15) is 11.4 Å². The summed E-state index contributed by atoms with van der Waals surface area (Å²) in [5.74, 6) is 0. The molecule has 7 heteroatoms. The van der Waals surface area contributed by atoms with Crippen molar-refractivity contribution in [2.24, 2.45) is 0 Å². The molecule has 3 aromatic rings. The maximum atomic E-state index is 12.4. The first-order valence-corrected chi connectivity index (χ1v) is 9.13. The zero-order chi connectivity index (χ0) is 17.3. The summed E-state index contributed by atoms with van der Waals surface area (Å²) in [4.78, 5) is 0.162. The van der Waals surface area contributed by atoms with Gasteiger partial charge < -0.3 is 0 Å². The second-order valence-corrected chi connectivity index (χ2v) is 7.56. The van der Waals surface area contributed by atoms with Gasteiger partial charge in [0.1, 0.15) is 0 Å². The van der Waals surface area contributed by atoms with Gasteiger partial charge in [0.05, 0.1) is 16.3 Å². The molecule has 0 atom stereocenters. The first kappa shape index (κ1) is 16.5. The molecule has 0 aliphatic heterocycles. The van der Waals surface area contributed by atoms with Crippen molar-refractivity contribution in [1.82, 2.24) is 9.78 Å². The maximum absolute atomic E-state index is 12.4. The smallest absolute Gasteiger partial charge is 0.261 e. The van der Waals surface area contributed by atoms with Crippen LogP contribution in [0.15, 0.2) is 59.5 Å². The van der Waals surface area contributed by atoms with Gasteiger partial charge in [-0.15, -0.1) is 0 Å². The van der Waals surface area contributed by atoms with Crippen molar-refractivity contribution < 1.29 is 8.42 Å². The van der Waals surface area contributed by atoms with Crippen LogP contribution in [0.2, 0.25) is 5.02 Å². The van der Waals surface area contributed by atoms with Crippen molar-refractivity contribution in [3.05, 3.63) is 71.0 Å². The van der Waals surface area contributed by atoms with Crippen molar-refractivity contribution in [3.63, 3.8) is 0 Å². The Hall–Kier alpha value is -2.31. The third-order valence-corrected chi connectivity index (χ3v) is 5.15. The van der Waals surface area contributed by atoms with Gasteiger partial charge in [0.25, 0.3) is 10.0 Å². The second kappa shape index (κ2) is 6.30. The summed E-state index contributed by atoms with van der Waals surface area (Å²) in [5.41, 5.74) is 3.30. The van der Waals surface area contributed by atoms with Crippen LogP contribution >= 0.6 is 11.6 Å². The molecule has 24 heavy (non-hydrogen) atoms. The highest BCUT2D eigenvalue weighted by Crippen LogP contribution is 2.20. The number of sulfonamides is 1. The zero-order valence-electron chi connectivity index (χ0n) is 13.2. The number of rotatable bonds is 4. The van der Waals surface area contributed by atoms with E-state index in [1.54, 1.807) is 24.3 Å². The Morgan fingerprint density at radius 3 is 2.17 bits per heavy atom. The van der Waals surface area contributed by atoms with E-state index < -0.39 is 10.0 Å². The van der Waals surface area contributed by atoms with Crippen molar-refractivity contribution in [1.29, 1.82) is 0 Å². The number of benzene rings is 2. The maximum Gasteiger partial charge on any atom is 0.261 e. The largest absolute Gasteiger partial charge is 0.280 e. The lowest BCUT2D eigenvalue weighted by Gasteiger charge is -2.10. The Kier molecular flexibility index (Phi) is 4.34. The second-order valence-electron chi connectivity index (χ2n) is 5.45. The lowest BCUT2D eigenvalue weighted by atomic mass is 10.3. The summed E-state index contributed by atoms with van der Waals surface area (Å²) in [7, 11) is -3.64. The SMILES string of the molecule is Cc1cc(C)n(-c2ccc(NS(=O)(=O)c3ccc(Cl)cc3)cc2)n1. The van der Waals surface area contributed by atoms with Crippen LogP contribution in [-0.4, -0.2) is 18.2 Å². The van der Waals surface area contributed by atoms with Crippen LogP contribution in [0.4, 0.5) is 5.69 Å². The fraction of sp³-hybridized carbons (Fsp3) is 0.118. The molecule has 5 nitrogen and oxygen atoms in total. The fourth-order valence-corrected chi connectivity index (χ4v) is 3.57. The minimum absolute atomic E-state index is 0.162. The van der Waals surface area contributed by atoms with Crippen LogP contribution in [0, 0.1) is 13.8 Å². The Balaban J connectivity index is 1.83. The molecule has 0 unspecified atom stereocenters. The summed E-state index contributed by atoms with van der Waals surface area (Å²) in [6.07, 6.45) is 0. The van der Waals surface area contributed by atoms with Gasteiger partial charge in [-0.25, -0.2) is 13.1 Å². The molecular formula is C17H16ClN3O2S. The third-order valence-electron chi connectivity index (χ3n) is 3.50. The molecule has 1 N–H and O–H groups in total. The van der Waals surface area contributed by atoms with E-state index in [9.17, 15) is 8.42 Å². The molecule has 3 rings (SSSR count). The van der Waals surface area contributed by atoms with E-state index in [2.05, 4.69) is 9.82 Å². The highest BCUT2D eigenvalue weighted by molar-refractivity contribution is 7.92. The van der Waals surface area contributed by atoms with Crippen molar-refractivity contribution in [3.8, 4) is 5.69 Å². The summed E-state index contributed by atoms with van der Waals surface area (Å²) in [6, 6.07) is 15.1. The quantitative estimate of drug-likeness (QED) is 0.765. The van der Waals surface area contributed by atoms with Gasteiger partial charge >= 0.3 is 0 Å². The lowest BCUT2D eigenvalue weighted by Crippen LogP contribution is -2.12. The average Bonchev–Trinajstić information content (AvgIpc) is 2.87. The van der Waals surface area contributed by atoms with E-state index in [1.165, 1.54) is 12.1 Å². The lowest BCUT2D eigenvalue weighted by molar-refractivity contribution is 0.601. The minimum atomic E-state index is -3.64. The third kappa shape index (κ3) is 3.44. The number of nitrogens with one attached hydrogen (secondary N) is 1. The van der Waals surface area contributed by atoms with Crippen LogP contribution in [0.3, 0.4) is 0 Å². The average molecular weight is 362 g/mol. The highest BCUT2D eigenvalue weighted by atomic mass is 35.5. The van der Waals surface area contributed by atoms with Crippen LogP contribution < -0.4 is 4.72 Å². The molecule has 0 bridgehead atoms. The Bertz CT molecular complexity index is 962. The van der Waals surface area contributed by atoms with Crippen molar-refractivity contribution in [2.45, 2.75) is 18.7 Å². The summed E-state index contributed by atoms with van der Waals surface area (Å²) in [6.45, 7) is 3.90. The molecule has 124 valence electrons. The van der Waals surface area contributed by atoms with Crippen LogP contribution in [0.25, 0.3) is 5.69 Å². The molecule has 0 radical (unpaired) electrons. The van der Waals surface area contributed by atoms with E-state index >= 15 is 0 Å². The Morgan fingerprint density at radius 2 is 1.62 bits per heavy atom. The molecule has 0 aliphatic rings. The number of hydrogen-bond donors (Lipinski definition) is 1. The fourth-order valence-electron chi connectivity index (χ4n) is 2.39. The molecule has 0 saturated carbocycles. The molecule has 2 aromatic carbocycles. The number of halogens is 1. The van der Waals surface area contributed by atoms with E-state index in [-0.39, 0.29) is 4.90 Å². The first-order chi connectivity index (χ1) is 11.3. The van der Waals surface area contributed by atoms with Crippen molar-refractivity contribution in [2.75, 3.05) is 4.72 Å². The van der Waals surface area contributed by atoms with Crippen molar-refractivity contribution >= 4 is 27.3 Å². The van der Waals surface area contributed by atoms with Gasteiger partial charge in [-0.3, -0.25) is 4.72 Å². The number of aromatic nitrogens is 2. The topological polar surface area (TPSA) is 64.0 Å². The molecule has 0 aliphatic carbocycles. The molecule has 0 fully saturated rings. The number of anilines is 1. The highest BCUT2D eigenvalue weighted by Gasteiger charge is 2.14. The molecule has 1 heterocycles. The van der Waals surface area contributed by atoms with Gasteiger partial charge in [0, 0.05) is 16.4 Å². The number of hydrogen-bond acceptors (Lipinski definition) is 3. The van der Waals surface area contributed by atoms with Crippen LogP contribution in [0.5, 0.6) is 0 Å².